The number of benzene rings is 3. The fourth-order valence-corrected chi connectivity index (χ4v) is 4.57. The van der Waals surface area contributed by atoms with Crippen molar-refractivity contribution in [2.24, 2.45) is 0 Å². The van der Waals surface area contributed by atoms with Crippen molar-refractivity contribution in [2.45, 2.75) is 52.7 Å². The second-order valence-electron chi connectivity index (χ2n) is 8.81. The number of rotatable bonds is 8. The second kappa shape index (κ2) is 10.1. The third kappa shape index (κ3) is 5.54. The number of nitrogens with zero attached hydrogens (tertiary/aromatic N) is 1. The molecule has 0 aliphatic carbocycles. The Labute approximate surface area is 194 Å². The van der Waals surface area contributed by atoms with Gasteiger partial charge < -0.3 is 14.7 Å². The number of halogens is 1. The van der Waals surface area contributed by atoms with E-state index < -0.39 is 5.97 Å². The van der Waals surface area contributed by atoms with Crippen molar-refractivity contribution >= 4 is 11.7 Å². The fraction of sp³-hybridized carbons (Fsp3) is 0.321. The van der Waals surface area contributed by atoms with Crippen LogP contribution >= 0.6 is 0 Å². The molecule has 0 fully saturated rings. The van der Waals surface area contributed by atoms with Gasteiger partial charge in [0.25, 0.3) is 0 Å². The van der Waals surface area contributed by atoms with E-state index >= 15 is 0 Å². The molecule has 1 aliphatic rings. The highest BCUT2D eigenvalue weighted by atomic mass is 19.1. The number of hydrogen-bond donors (Lipinski definition) is 1. The first-order chi connectivity index (χ1) is 15.9. The highest BCUT2D eigenvalue weighted by molar-refractivity contribution is 5.67. The molecule has 3 aromatic carbocycles. The predicted octanol–water partition coefficient (Wildman–Crippen LogP) is 5.99. The SMILES string of the molecule is Cc1cc(F)cc(C)c1CN1CCCc2cccc(OCc3ccc(CCC(=O)O)cc3)c21. The van der Waals surface area contributed by atoms with E-state index in [0.29, 0.717) is 13.0 Å². The van der Waals surface area contributed by atoms with Gasteiger partial charge in [0, 0.05) is 19.5 Å². The van der Waals surface area contributed by atoms with Gasteiger partial charge in [0.05, 0.1) is 5.69 Å². The van der Waals surface area contributed by atoms with Gasteiger partial charge in [0.1, 0.15) is 18.2 Å². The Kier molecular flexibility index (Phi) is 6.97. The Hall–Kier alpha value is -3.34. The Morgan fingerprint density at radius 2 is 1.76 bits per heavy atom. The Balaban J connectivity index is 1.51. The van der Waals surface area contributed by atoms with Crippen LogP contribution in [-0.2, 0) is 30.8 Å². The number of anilines is 1. The summed E-state index contributed by atoms with van der Waals surface area (Å²) >= 11 is 0. The molecule has 0 amide bonds. The van der Waals surface area contributed by atoms with Crippen molar-refractivity contribution in [2.75, 3.05) is 11.4 Å². The fourth-order valence-electron chi connectivity index (χ4n) is 4.57. The average Bonchev–Trinajstić information content (AvgIpc) is 2.79. The van der Waals surface area contributed by atoms with Crippen LogP contribution in [0.25, 0.3) is 0 Å². The molecule has 4 rings (SSSR count). The largest absolute Gasteiger partial charge is 0.487 e. The normalized spacial score (nSPS) is 13.0. The molecule has 0 aromatic heterocycles. The van der Waals surface area contributed by atoms with Crippen molar-refractivity contribution < 1.29 is 19.0 Å². The van der Waals surface area contributed by atoms with E-state index in [9.17, 15) is 9.18 Å². The van der Waals surface area contributed by atoms with Crippen LogP contribution in [0.15, 0.2) is 54.6 Å². The molecule has 0 spiro atoms. The van der Waals surface area contributed by atoms with Gasteiger partial charge in [-0.15, -0.1) is 0 Å². The number of carboxylic acid groups (broad SMARTS) is 1. The molecule has 0 saturated carbocycles. The summed E-state index contributed by atoms with van der Waals surface area (Å²) < 4.78 is 20.1. The lowest BCUT2D eigenvalue weighted by atomic mass is 9.97. The van der Waals surface area contributed by atoms with Crippen LogP contribution < -0.4 is 9.64 Å². The van der Waals surface area contributed by atoms with Gasteiger partial charge in [0.2, 0.25) is 0 Å². The summed E-state index contributed by atoms with van der Waals surface area (Å²) in [5.74, 6) is -0.114. The number of carbonyl (C=O) groups is 1. The zero-order chi connectivity index (χ0) is 23.4. The molecule has 3 aromatic rings. The molecular weight excluding hydrogens is 417 g/mol. The summed E-state index contributed by atoms with van der Waals surface area (Å²) in [4.78, 5) is 13.1. The first kappa shape index (κ1) is 22.8. The maximum atomic E-state index is 13.8. The summed E-state index contributed by atoms with van der Waals surface area (Å²) in [6, 6.07) is 17.4. The minimum absolute atomic E-state index is 0.134. The lowest BCUT2D eigenvalue weighted by Crippen LogP contribution is -2.30. The Morgan fingerprint density at radius 3 is 2.45 bits per heavy atom. The van der Waals surface area contributed by atoms with Crippen LogP contribution in [0.4, 0.5) is 10.1 Å². The lowest BCUT2D eigenvalue weighted by Gasteiger charge is -2.34. The van der Waals surface area contributed by atoms with E-state index in [1.165, 1.54) is 5.56 Å². The molecule has 1 heterocycles. The number of carboxylic acids is 1. The Bertz CT molecular complexity index is 1120. The molecule has 33 heavy (non-hydrogen) atoms. The standard InChI is InChI=1S/C28H30FNO3/c1-19-15-24(29)16-20(2)25(19)17-30-14-4-6-23-5-3-7-26(28(23)30)33-18-22-10-8-21(9-11-22)12-13-27(31)32/h3,5,7-11,15-16H,4,6,12-14,17-18H2,1-2H3,(H,31,32). The molecule has 1 N–H and O–H groups in total. The molecule has 0 bridgehead atoms. The quantitative estimate of drug-likeness (QED) is 0.461. The first-order valence-corrected chi connectivity index (χ1v) is 11.5. The van der Waals surface area contributed by atoms with Gasteiger partial charge in [-0.3, -0.25) is 4.79 Å². The third-order valence-electron chi connectivity index (χ3n) is 6.33. The van der Waals surface area contributed by atoms with E-state index in [1.807, 2.05) is 50.2 Å². The summed E-state index contributed by atoms with van der Waals surface area (Å²) in [6.45, 7) is 6.04. The predicted molar refractivity (Wildman–Crippen MR) is 128 cm³/mol. The van der Waals surface area contributed by atoms with Gasteiger partial charge in [-0.1, -0.05) is 36.4 Å². The van der Waals surface area contributed by atoms with E-state index in [2.05, 4.69) is 11.0 Å². The lowest BCUT2D eigenvalue weighted by molar-refractivity contribution is -0.136. The minimum Gasteiger partial charge on any atom is -0.487 e. The van der Waals surface area contributed by atoms with Crippen molar-refractivity contribution in [3.63, 3.8) is 0 Å². The number of hydrogen-bond acceptors (Lipinski definition) is 3. The number of fused-ring (bicyclic) bond motifs is 1. The zero-order valence-electron chi connectivity index (χ0n) is 19.2. The molecule has 0 atom stereocenters. The molecular formula is C28H30FNO3. The molecule has 4 nitrogen and oxygen atoms in total. The summed E-state index contributed by atoms with van der Waals surface area (Å²) in [5.41, 5.74) is 7.57. The number of ether oxygens (including phenoxy) is 1. The number of aryl methyl sites for hydroxylation is 4. The van der Waals surface area contributed by atoms with Crippen LogP contribution in [0.3, 0.4) is 0 Å². The minimum atomic E-state index is -0.785. The molecule has 1 aliphatic heterocycles. The van der Waals surface area contributed by atoms with Crippen LogP contribution in [0.5, 0.6) is 5.75 Å². The van der Waals surface area contributed by atoms with Crippen molar-refractivity contribution in [1.82, 2.24) is 0 Å². The average molecular weight is 448 g/mol. The topological polar surface area (TPSA) is 49.8 Å². The third-order valence-corrected chi connectivity index (χ3v) is 6.33. The zero-order valence-corrected chi connectivity index (χ0v) is 19.2. The summed E-state index contributed by atoms with van der Waals surface area (Å²) in [7, 11) is 0. The molecule has 0 radical (unpaired) electrons. The van der Waals surface area contributed by atoms with Gasteiger partial charge in [-0.05, 0) is 84.7 Å². The highest BCUT2D eigenvalue weighted by Crippen LogP contribution is 2.38. The van der Waals surface area contributed by atoms with Crippen LogP contribution in [-0.4, -0.2) is 17.6 Å². The Morgan fingerprint density at radius 1 is 1.06 bits per heavy atom. The summed E-state index contributed by atoms with van der Waals surface area (Å²) in [6.07, 6.45) is 2.75. The van der Waals surface area contributed by atoms with Gasteiger partial charge in [-0.25, -0.2) is 4.39 Å². The second-order valence-corrected chi connectivity index (χ2v) is 8.81. The van der Waals surface area contributed by atoms with Gasteiger partial charge >= 0.3 is 5.97 Å². The molecule has 0 unspecified atom stereocenters. The highest BCUT2D eigenvalue weighted by Gasteiger charge is 2.22. The van der Waals surface area contributed by atoms with Gasteiger partial charge in [0.15, 0.2) is 0 Å². The maximum absolute atomic E-state index is 13.8. The number of aliphatic carboxylic acids is 1. The van der Waals surface area contributed by atoms with Crippen molar-refractivity contribution in [1.29, 1.82) is 0 Å². The van der Waals surface area contributed by atoms with E-state index in [-0.39, 0.29) is 12.2 Å². The maximum Gasteiger partial charge on any atom is 0.303 e. The molecule has 172 valence electrons. The summed E-state index contributed by atoms with van der Waals surface area (Å²) in [5, 5.41) is 8.85. The monoisotopic (exact) mass is 447 g/mol. The smallest absolute Gasteiger partial charge is 0.303 e. The van der Waals surface area contributed by atoms with Crippen LogP contribution in [0, 0.1) is 19.7 Å². The van der Waals surface area contributed by atoms with E-state index in [0.717, 1.165) is 65.2 Å². The first-order valence-electron chi connectivity index (χ1n) is 11.5. The van der Waals surface area contributed by atoms with Crippen molar-refractivity contribution in [3.05, 3.63) is 93.8 Å². The number of para-hydroxylation sites is 1. The van der Waals surface area contributed by atoms with E-state index in [4.69, 9.17) is 9.84 Å². The van der Waals surface area contributed by atoms with Crippen molar-refractivity contribution in [3.8, 4) is 5.75 Å². The van der Waals surface area contributed by atoms with Crippen LogP contribution in [0.1, 0.15) is 46.2 Å². The van der Waals surface area contributed by atoms with Gasteiger partial charge in [-0.2, -0.15) is 0 Å². The van der Waals surface area contributed by atoms with Crippen LogP contribution in [0.2, 0.25) is 0 Å². The van der Waals surface area contributed by atoms with E-state index in [1.54, 1.807) is 12.1 Å². The molecule has 0 saturated heterocycles. The molecule has 5 heteroatoms.